The number of sulfonamides is 1. The molecule has 10 heteroatoms. The van der Waals surface area contributed by atoms with Gasteiger partial charge in [0.1, 0.15) is 0 Å². The number of carbonyl (C=O) groups excluding carboxylic acids is 1. The fourth-order valence-corrected chi connectivity index (χ4v) is 5.92. The van der Waals surface area contributed by atoms with E-state index in [4.69, 9.17) is 34.8 Å². The Labute approximate surface area is 220 Å². The summed E-state index contributed by atoms with van der Waals surface area (Å²) in [6.07, 6.45) is 1.40. The molecule has 3 aromatic rings. The zero-order valence-corrected chi connectivity index (χ0v) is 22.4. The molecule has 0 unspecified atom stereocenters. The lowest BCUT2D eigenvalue weighted by molar-refractivity contribution is -0.121. The van der Waals surface area contributed by atoms with E-state index in [0.29, 0.717) is 37.3 Å². The molecular formula is C25H24Cl3N3O3S. The van der Waals surface area contributed by atoms with Gasteiger partial charge in [-0.1, -0.05) is 70.7 Å². The third kappa shape index (κ3) is 7.06. The molecule has 6 nitrogen and oxygen atoms in total. The molecule has 0 fully saturated rings. The second-order valence-electron chi connectivity index (χ2n) is 8.09. The fourth-order valence-electron chi connectivity index (χ4n) is 3.69. The number of aryl methyl sites for hydroxylation is 3. The van der Waals surface area contributed by atoms with E-state index in [1.54, 1.807) is 56.3 Å². The van der Waals surface area contributed by atoms with Crippen molar-refractivity contribution in [2.24, 2.45) is 5.10 Å². The molecule has 0 spiro atoms. The smallest absolute Gasteiger partial charge is 0.255 e. The van der Waals surface area contributed by atoms with Crippen LogP contribution in [0.25, 0.3) is 0 Å². The zero-order valence-electron chi connectivity index (χ0n) is 19.3. The quantitative estimate of drug-likeness (QED) is 0.279. The summed E-state index contributed by atoms with van der Waals surface area (Å²) >= 11 is 17.9. The molecule has 1 amide bonds. The number of nitrogens with zero attached hydrogens (tertiary/aromatic N) is 2. The number of nitrogens with one attached hydrogen (secondary N) is 1. The number of carbonyl (C=O) groups is 1. The maximum Gasteiger partial charge on any atom is 0.255 e. The van der Waals surface area contributed by atoms with Gasteiger partial charge in [0.2, 0.25) is 10.0 Å². The van der Waals surface area contributed by atoms with E-state index < -0.39 is 22.5 Å². The Morgan fingerprint density at radius 2 is 1.57 bits per heavy atom. The van der Waals surface area contributed by atoms with E-state index in [0.717, 1.165) is 9.87 Å². The third-order valence-electron chi connectivity index (χ3n) is 5.14. The number of rotatable bonds is 8. The molecule has 0 bridgehead atoms. The number of hydrazone groups is 1. The third-order valence-corrected chi connectivity index (χ3v) is 8.23. The van der Waals surface area contributed by atoms with Crippen LogP contribution in [0.15, 0.2) is 64.6 Å². The van der Waals surface area contributed by atoms with Crippen molar-refractivity contribution in [3.05, 3.63) is 97.5 Å². The van der Waals surface area contributed by atoms with Gasteiger partial charge in [-0.25, -0.2) is 13.8 Å². The van der Waals surface area contributed by atoms with Crippen LogP contribution in [0.5, 0.6) is 0 Å². The average Bonchev–Trinajstić information content (AvgIpc) is 2.76. The van der Waals surface area contributed by atoms with Gasteiger partial charge >= 0.3 is 0 Å². The molecule has 0 saturated carbocycles. The van der Waals surface area contributed by atoms with Gasteiger partial charge in [-0.05, 0) is 67.3 Å². The highest BCUT2D eigenvalue weighted by molar-refractivity contribution is 7.89. The highest BCUT2D eigenvalue weighted by Gasteiger charge is 2.30. The minimum atomic E-state index is -4.01. The van der Waals surface area contributed by atoms with Crippen LogP contribution in [0, 0.1) is 20.8 Å². The standard InChI is InChI=1S/C25H24Cl3N3O3S/c1-16-10-17(2)25(18(3)11-16)35(33,34)31(14-19-4-7-21(26)8-5-19)15-24(32)30-29-13-20-6-9-22(27)23(28)12-20/h4-13H,14-15H2,1-3H3,(H,30,32)/b29-13+. The molecule has 0 aliphatic carbocycles. The minimum Gasteiger partial charge on any atom is -0.272 e. The number of benzene rings is 3. The largest absolute Gasteiger partial charge is 0.272 e. The predicted octanol–water partition coefficient (Wildman–Crippen LogP) is 5.91. The average molecular weight is 553 g/mol. The lowest BCUT2D eigenvalue weighted by Crippen LogP contribution is -2.39. The van der Waals surface area contributed by atoms with Crippen LogP contribution in [0.4, 0.5) is 0 Å². The molecule has 0 radical (unpaired) electrons. The van der Waals surface area contributed by atoms with Crippen molar-refractivity contribution in [2.75, 3.05) is 6.54 Å². The monoisotopic (exact) mass is 551 g/mol. The fraction of sp³-hybridized carbons (Fsp3) is 0.200. The second kappa shape index (κ2) is 11.5. The first kappa shape index (κ1) is 27.2. The highest BCUT2D eigenvalue weighted by atomic mass is 35.5. The summed E-state index contributed by atoms with van der Waals surface area (Å²) < 4.78 is 28.6. The van der Waals surface area contributed by atoms with Gasteiger partial charge < -0.3 is 0 Å². The molecule has 0 aromatic heterocycles. The highest BCUT2D eigenvalue weighted by Crippen LogP contribution is 2.27. The van der Waals surface area contributed by atoms with Crippen molar-refractivity contribution in [1.29, 1.82) is 0 Å². The van der Waals surface area contributed by atoms with Gasteiger partial charge in [0.15, 0.2) is 0 Å². The maximum atomic E-state index is 13.7. The van der Waals surface area contributed by atoms with E-state index in [1.165, 1.54) is 6.21 Å². The number of hydrogen-bond donors (Lipinski definition) is 1. The second-order valence-corrected chi connectivity index (χ2v) is 11.2. The Kier molecular flexibility index (Phi) is 8.96. The summed E-state index contributed by atoms with van der Waals surface area (Å²) in [6.45, 7) is 4.94. The Morgan fingerprint density at radius 3 is 2.17 bits per heavy atom. The minimum absolute atomic E-state index is 0.0177. The van der Waals surface area contributed by atoms with E-state index in [2.05, 4.69) is 10.5 Å². The number of hydrogen-bond acceptors (Lipinski definition) is 4. The van der Waals surface area contributed by atoms with Crippen LogP contribution in [0.2, 0.25) is 15.1 Å². The summed E-state index contributed by atoms with van der Waals surface area (Å²) in [5.74, 6) is -0.596. The van der Waals surface area contributed by atoms with E-state index in [9.17, 15) is 13.2 Å². The number of amides is 1. The van der Waals surface area contributed by atoms with Crippen LogP contribution in [0.1, 0.15) is 27.8 Å². The topological polar surface area (TPSA) is 78.8 Å². The molecule has 0 aliphatic rings. The molecule has 3 rings (SSSR count). The first-order valence-electron chi connectivity index (χ1n) is 10.6. The summed E-state index contributed by atoms with van der Waals surface area (Å²) in [4.78, 5) is 12.9. The normalized spacial score (nSPS) is 11.9. The zero-order chi connectivity index (χ0) is 25.8. The van der Waals surface area contributed by atoms with Crippen molar-refractivity contribution in [2.45, 2.75) is 32.2 Å². The maximum absolute atomic E-state index is 13.7. The Morgan fingerprint density at radius 1 is 0.943 bits per heavy atom. The first-order chi connectivity index (χ1) is 16.5. The van der Waals surface area contributed by atoms with Crippen LogP contribution in [0.3, 0.4) is 0 Å². The lowest BCUT2D eigenvalue weighted by Gasteiger charge is -2.24. The molecule has 3 aromatic carbocycles. The van der Waals surface area contributed by atoms with Gasteiger partial charge in [0.05, 0.1) is 27.7 Å². The van der Waals surface area contributed by atoms with Gasteiger partial charge in [-0.3, -0.25) is 4.79 Å². The molecule has 0 heterocycles. The summed E-state index contributed by atoms with van der Waals surface area (Å²) in [7, 11) is -4.01. The Hall–Kier alpha value is -2.42. The first-order valence-corrected chi connectivity index (χ1v) is 13.1. The Balaban J connectivity index is 1.86. The van der Waals surface area contributed by atoms with E-state index in [1.807, 2.05) is 19.1 Å². The van der Waals surface area contributed by atoms with Gasteiger partial charge in [-0.2, -0.15) is 9.41 Å². The molecule has 0 atom stereocenters. The van der Waals surface area contributed by atoms with Gasteiger partial charge in [-0.15, -0.1) is 0 Å². The summed E-state index contributed by atoms with van der Waals surface area (Å²) in [5.41, 5.74) is 5.87. The van der Waals surface area contributed by atoms with Crippen LogP contribution in [-0.4, -0.2) is 31.4 Å². The molecule has 35 heavy (non-hydrogen) atoms. The van der Waals surface area contributed by atoms with Gasteiger partial charge in [0.25, 0.3) is 5.91 Å². The van der Waals surface area contributed by atoms with Crippen LogP contribution < -0.4 is 5.43 Å². The van der Waals surface area contributed by atoms with Crippen molar-refractivity contribution in [3.63, 3.8) is 0 Å². The molecule has 1 N–H and O–H groups in total. The molecular weight excluding hydrogens is 529 g/mol. The van der Waals surface area contributed by atoms with E-state index in [-0.39, 0.29) is 11.4 Å². The SMILES string of the molecule is Cc1cc(C)c(S(=O)(=O)N(CC(=O)N/N=C/c2ccc(Cl)c(Cl)c2)Cc2ccc(Cl)cc2)c(C)c1. The molecule has 0 saturated heterocycles. The van der Waals surface area contributed by atoms with Crippen LogP contribution >= 0.6 is 34.8 Å². The summed E-state index contributed by atoms with van der Waals surface area (Å²) in [6, 6.07) is 15.3. The van der Waals surface area contributed by atoms with Gasteiger partial charge in [0, 0.05) is 11.6 Å². The van der Waals surface area contributed by atoms with E-state index >= 15 is 0 Å². The lowest BCUT2D eigenvalue weighted by atomic mass is 10.1. The van der Waals surface area contributed by atoms with Crippen LogP contribution in [-0.2, 0) is 21.4 Å². The predicted molar refractivity (Wildman–Crippen MR) is 142 cm³/mol. The number of halogens is 3. The van der Waals surface area contributed by atoms with Crippen molar-refractivity contribution in [1.82, 2.24) is 9.73 Å². The molecule has 0 aliphatic heterocycles. The molecule has 184 valence electrons. The van der Waals surface area contributed by atoms with Crippen molar-refractivity contribution < 1.29 is 13.2 Å². The Bertz CT molecular complexity index is 1350. The summed E-state index contributed by atoms with van der Waals surface area (Å²) in [5, 5.41) is 5.20. The van der Waals surface area contributed by atoms with Crippen molar-refractivity contribution in [3.8, 4) is 0 Å². The van der Waals surface area contributed by atoms with Crippen molar-refractivity contribution >= 4 is 56.9 Å².